The highest BCUT2D eigenvalue weighted by atomic mass is 16.3. The number of hydrogen-bond acceptors (Lipinski definition) is 3. The number of furan rings is 2. The van der Waals surface area contributed by atoms with E-state index in [1.807, 2.05) is 12.1 Å². The van der Waals surface area contributed by atoms with Crippen LogP contribution in [0.3, 0.4) is 0 Å². The van der Waals surface area contributed by atoms with Gasteiger partial charge >= 0.3 is 0 Å². The predicted molar refractivity (Wildman–Crippen MR) is 239 cm³/mol. The number of fused-ring (bicyclic) bond motifs is 11. The fourth-order valence-corrected chi connectivity index (χ4v) is 9.00. The molecule has 0 saturated carbocycles. The summed E-state index contributed by atoms with van der Waals surface area (Å²) in [4.78, 5) is 2.32. The Balaban J connectivity index is 1.01. The molecule has 0 saturated heterocycles. The van der Waals surface area contributed by atoms with Gasteiger partial charge in [-0.1, -0.05) is 146 Å². The van der Waals surface area contributed by atoms with Crippen LogP contribution in [-0.4, -0.2) is 0 Å². The second-order valence-corrected chi connectivity index (χ2v) is 14.8. The average molecular weight is 728 g/mol. The SMILES string of the molecule is c1ccc2c(c1)cc(-c1ccc(N(c3ccc(-c4cccc5oc6c7ccccc7ccc6c45)cc3)c3cccc4c3oc3ccccc34)cc1)c1ccccc12. The molecule has 2 aromatic heterocycles. The molecule has 2 heterocycles. The summed E-state index contributed by atoms with van der Waals surface area (Å²) in [5.41, 5.74) is 11.3. The molecule has 10 aromatic carbocycles. The summed E-state index contributed by atoms with van der Waals surface area (Å²) in [6.45, 7) is 0. The molecular formula is C54H33NO2. The molecule has 0 N–H and O–H groups in total. The highest BCUT2D eigenvalue weighted by Crippen LogP contribution is 2.45. The Kier molecular flexibility index (Phi) is 6.93. The molecule has 0 unspecified atom stereocenters. The van der Waals surface area contributed by atoms with Gasteiger partial charge in [0.1, 0.15) is 16.7 Å². The van der Waals surface area contributed by atoms with E-state index in [2.05, 4.69) is 193 Å². The zero-order valence-electron chi connectivity index (χ0n) is 30.8. The highest BCUT2D eigenvalue weighted by Gasteiger charge is 2.21. The van der Waals surface area contributed by atoms with Gasteiger partial charge < -0.3 is 13.7 Å². The topological polar surface area (TPSA) is 29.5 Å². The Morgan fingerprint density at radius 1 is 0.316 bits per heavy atom. The molecule has 12 aromatic rings. The smallest absolute Gasteiger partial charge is 0.159 e. The fraction of sp³-hybridized carbons (Fsp3) is 0. The molecule has 0 spiro atoms. The predicted octanol–water partition coefficient (Wildman–Crippen LogP) is 15.7. The van der Waals surface area contributed by atoms with Gasteiger partial charge in [0.15, 0.2) is 5.58 Å². The lowest BCUT2D eigenvalue weighted by molar-refractivity contribution is 0.669. The lowest BCUT2D eigenvalue weighted by Gasteiger charge is -2.26. The van der Waals surface area contributed by atoms with Gasteiger partial charge in [0.2, 0.25) is 0 Å². The number of hydrogen-bond donors (Lipinski definition) is 0. The summed E-state index contributed by atoms with van der Waals surface area (Å²) < 4.78 is 13.2. The molecule has 0 amide bonds. The second-order valence-electron chi connectivity index (χ2n) is 14.8. The van der Waals surface area contributed by atoms with E-state index in [9.17, 15) is 0 Å². The molecule has 3 nitrogen and oxygen atoms in total. The number of benzene rings is 10. The summed E-state index contributed by atoms with van der Waals surface area (Å²) in [6.07, 6.45) is 0. The summed E-state index contributed by atoms with van der Waals surface area (Å²) >= 11 is 0. The first-order valence-electron chi connectivity index (χ1n) is 19.4. The molecule has 0 atom stereocenters. The van der Waals surface area contributed by atoms with Crippen molar-refractivity contribution in [1.82, 2.24) is 0 Å². The molecule has 266 valence electrons. The minimum Gasteiger partial charge on any atom is -0.455 e. The summed E-state index contributed by atoms with van der Waals surface area (Å²) in [7, 11) is 0. The van der Waals surface area contributed by atoms with Crippen LogP contribution in [0.4, 0.5) is 17.1 Å². The van der Waals surface area contributed by atoms with Crippen molar-refractivity contribution in [2.24, 2.45) is 0 Å². The quantitative estimate of drug-likeness (QED) is 0.165. The maximum absolute atomic E-state index is 6.64. The Morgan fingerprint density at radius 2 is 0.895 bits per heavy atom. The molecule has 0 fully saturated rings. The molecule has 3 heteroatoms. The van der Waals surface area contributed by atoms with Crippen molar-refractivity contribution in [1.29, 1.82) is 0 Å². The summed E-state index contributed by atoms with van der Waals surface area (Å²) in [5.74, 6) is 0. The largest absolute Gasteiger partial charge is 0.455 e. The van der Waals surface area contributed by atoms with Crippen LogP contribution in [0.25, 0.3) is 98.4 Å². The van der Waals surface area contributed by atoms with E-state index in [1.165, 1.54) is 38.1 Å². The van der Waals surface area contributed by atoms with Crippen LogP contribution in [0.1, 0.15) is 0 Å². The number of anilines is 3. The zero-order chi connectivity index (χ0) is 37.5. The lowest BCUT2D eigenvalue weighted by Crippen LogP contribution is -2.10. The standard InChI is InChI=1S/C54H33NO2/c1-4-14-42-34(11-1)27-32-47-52-41(18-10-22-51(52)57-53(42)47)35-23-28-38(29-24-35)55(49-20-9-19-46-45-17-7-8-21-50(45)56-54(46)49)39-30-25-36(26-31-39)48-33-37-12-2-3-13-40(37)43-15-5-6-16-44(43)48/h1-33H. The normalized spacial score (nSPS) is 11.9. The minimum absolute atomic E-state index is 0.856. The van der Waals surface area contributed by atoms with Crippen LogP contribution < -0.4 is 4.90 Å². The van der Waals surface area contributed by atoms with E-state index in [1.54, 1.807) is 0 Å². The zero-order valence-corrected chi connectivity index (χ0v) is 30.8. The molecule has 0 aliphatic rings. The van der Waals surface area contributed by atoms with E-state index in [-0.39, 0.29) is 0 Å². The third-order valence-corrected chi connectivity index (χ3v) is 11.7. The van der Waals surface area contributed by atoms with Crippen molar-refractivity contribution in [3.05, 3.63) is 200 Å². The van der Waals surface area contributed by atoms with Crippen LogP contribution in [0.15, 0.2) is 209 Å². The molecule has 57 heavy (non-hydrogen) atoms. The van der Waals surface area contributed by atoms with Crippen LogP contribution in [0.5, 0.6) is 0 Å². The van der Waals surface area contributed by atoms with E-state index < -0.39 is 0 Å². The first kappa shape index (κ1) is 31.7. The number of nitrogens with zero attached hydrogens (tertiary/aromatic N) is 1. The van der Waals surface area contributed by atoms with Gasteiger partial charge in [0, 0.05) is 38.3 Å². The van der Waals surface area contributed by atoms with Gasteiger partial charge in [-0.2, -0.15) is 0 Å². The van der Waals surface area contributed by atoms with E-state index in [0.717, 1.165) is 77.5 Å². The van der Waals surface area contributed by atoms with Crippen LogP contribution in [-0.2, 0) is 0 Å². The van der Waals surface area contributed by atoms with Crippen molar-refractivity contribution < 1.29 is 8.83 Å². The van der Waals surface area contributed by atoms with Crippen LogP contribution in [0, 0.1) is 0 Å². The van der Waals surface area contributed by atoms with Gasteiger partial charge in [-0.25, -0.2) is 0 Å². The minimum atomic E-state index is 0.856. The first-order valence-corrected chi connectivity index (χ1v) is 19.4. The lowest BCUT2D eigenvalue weighted by atomic mass is 9.93. The Bertz CT molecular complexity index is 3520. The Morgan fingerprint density at radius 3 is 1.68 bits per heavy atom. The second kappa shape index (κ2) is 12.5. The first-order chi connectivity index (χ1) is 28.3. The van der Waals surface area contributed by atoms with Crippen molar-refractivity contribution in [2.75, 3.05) is 4.90 Å². The van der Waals surface area contributed by atoms with Gasteiger partial charge in [-0.3, -0.25) is 0 Å². The fourth-order valence-electron chi connectivity index (χ4n) is 9.00. The molecule has 0 bridgehead atoms. The molecule has 0 aliphatic carbocycles. The summed E-state index contributed by atoms with van der Waals surface area (Å²) in [6, 6.07) is 71.5. The van der Waals surface area contributed by atoms with Crippen molar-refractivity contribution >= 4 is 93.3 Å². The van der Waals surface area contributed by atoms with E-state index in [4.69, 9.17) is 8.83 Å². The van der Waals surface area contributed by atoms with Crippen molar-refractivity contribution in [2.45, 2.75) is 0 Å². The Hall–Kier alpha value is -7.62. The number of para-hydroxylation sites is 2. The third kappa shape index (κ3) is 4.92. The van der Waals surface area contributed by atoms with Gasteiger partial charge in [0.05, 0.1) is 5.69 Å². The molecule has 12 rings (SSSR count). The number of rotatable bonds is 5. The molecule has 0 aliphatic heterocycles. The molecule has 0 radical (unpaired) electrons. The van der Waals surface area contributed by atoms with Crippen molar-refractivity contribution in [3.8, 4) is 22.3 Å². The summed E-state index contributed by atoms with van der Waals surface area (Å²) in [5, 5.41) is 11.8. The van der Waals surface area contributed by atoms with Gasteiger partial charge in [-0.05, 0) is 104 Å². The van der Waals surface area contributed by atoms with Crippen LogP contribution in [0.2, 0.25) is 0 Å². The van der Waals surface area contributed by atoms with E-state index in [0.29, 0.717) is 0 Å². The third-order valence-electron chi connectivity index (χ3n) is 11.7. The molecular weight excluding hydrogens is 695 g/mol. The highest BCUT2D eigenvalue weighted by molar-refractivity contribution is 6.19. The van der Waals surface area contributed by atoms with Gasteiger partial charge in [-0.15, -0.1) is 0 Å². The Labute approximate surface area is 328 Å². The monoisotopic (exact) mass is 727 g/mol. The maximum atomic E-state index is 6.64. The van der Waals surface area contributed by atoms with Crippen LogP contribution >= 0.6 is 0 Å². The van der Waals surface area contributed by atoms with E-state index >= 15 is 0 Å². The van der Waals surface area contributed by atoms with Crippen molar-refractivity contribution in [3.63, 3.8) is 0 Å². The average Bonchev–Trinajstić information content (AvgIpc) is 3.86. The van der Waals surface area contributed by atoms with Gasteiger partial charge in [0.25, 0.3) is 0 Å². The maximum Gasteiger partial charge on any atom is 0.159 e.